The summed E-state index contributed by atoms with van der Waals surface area (Å²) in [5.41, 5.74) is 1.78. The first-order chi connectivity index (χ1) is 9.88. The fourth-order valence-corrected chi connectivity index (χ4v) is 2.53. The molecule has 4 nitrogen and oxygen atoms in total. The third-order valence-corrected chi connectivity index (χ3v) is 3.58. The van der Waals surface area contributed by atoms with E-state index in [1.165, 1.54) is 0 Å². The number of benzene rings is 2. The normalized spacial score (nSPS) is 18.6. The lowest BCUT2D eigenvalue weighted by Crippen LogP contribution is -2.45. The number of nitriles is 1. The molecule has 1 saturated heterocycles. The van der Waals surface area contributed by atoms with Crippen LogP contribution in [0.3, 0.4) is 0 Å². The van der Waals surface area contributed by atoms with Gasteiger partial charge in [-0.15, -0.1) is 0 Å². The largest absolute Gasteiger partial charge is 0.383 e. The summed E-state index contributed by atoms with van der Waals surface area (Å²) in [4.78, 5) is 0. The van der Waals surface area contributed by atoms with E-state index in [1.807, 2.05) is 36.4 Å². The standard InChI is InChI=1S/C16H17N3O/c17-9-12-5-6-16(15-4-2-1-3-14(12)15)19-10-13-11-20-8-7-18-13/h1-6,13,18-19H,7-8,10-11H2. The molecular weight excluding hydrogens is 250 g/mol. The summed E-state index contributed by atoms with van der Waals surface area (Å²) in [6, 6.07) is 14.4. The van der Waals surface area contributed by atoms with Crippen molar-refractivity contribution in [3.05, 3.63) is 42.0 Å². The fourth-order valence-electron chi connectivity index (χ4n) is 2.53. The van der Waals surface area contributed by atoms with E-state index in [9.17, 15) is 0 Å². The number of ether oxygens (including phenoxy) is 1. The Morgan fingerprint density at radius 2 is 2.10 bits per heavy atom. The molecule has 0 radical (unpaired) electrons. The highest BCUT2D eigenvalue weighted by atomic mass is 16.5. The SMILES string of the molecule is N#Cc1ccc(NCC2COCCN2)c2ccccc12. The molecule has 0 spiro atoms. The van der Waals surface area contributed by atoms with Crippen LogP contribution in [0.4, 0.5) is 5.69 Å². The first kappa shape index (κ1) is 12.9. The van der Waals surface area contributed by atoms with Gasteiger partial charge in [-0.3, -0.25) is 0 Å². The summed E-state index contributed by atoms with van der Waals surface area (Å²) in [6.07, 6.45) is 0. The zero-order chi connectivity index (χ0) is 13.8. The first-order valence-corrected chi connectivity index (χ1v) is 6.85. The number of hydrogen-bond donors (Lipinski definition) is 2. The van der Waals surface area contributed by atoms with Crippen LogP contribution in [-0.4, -0.2) is 32.3 Å². The minimum absolute atomic E-state index is 0.332. The van der Waals surface area contributed by atoms with Crippen molar-refractivity contribution < 1.29 is 4.74 Å². The van der Waals surface area contributed by atoms with Crippen LogP contribution in [0, 0.1) is 11.3 Å². The topological polar surface area (TPSA) is 57.1 Å². The molecule has 0 saturated carbocycles. The van der Waals surface area contributed by atoms with E-state index in [0.29, 0.717) is 11.6 Å². The van der Waals surface area contributed by atoms with E-state index in [4.69, 9.17) is 10.00 Å². The van der Waals surface area contributed by atoms with E-state index in [0.717, 1.165) is 42.8 Å². The van der Waals surface area contributed by atoms with E-state index >= 15 is 0 Å². The third kappa shape index (κ3) is 2.60. The van der Waals surface area contributed by atoms with Crippen LogP contribution in [-0.2, 0) is 4.74 Å². The van der Waals surface area contributed by atoms with E-state index in [2.05, 4.69) is 16.7 Å². The maximum Gasteiger partial charge on any atom is 0.0998 e. The van der Waals surface area contributed by atoms with Gasteiger partial charge in [0.2, 0.25) is 0 Å². The molecule has 1 aliphatic rings. The summed E-state index contributed by atoms with van der Waals surface area (Å²) in [7, 11) is 0. The predicted octanol–water partition coefficient (Wildman–Crippen LogP) is 2.11. The van der Waals surface area contributed by atoms with E-state index in [-0.39, 0.29) is 0 Å². The van der Waals surface area contributed by atoms with Crippen LogP contribution >= 0.6 is 0 Å². The van der Waals surface area contributed by atoms with Gasteiger partial charge in [0.15, 0.2) is 0 Å². The molecule has 0 aromatic heterocycles. The van der Waals surface area contributed by atoms with Crippen LogP contribution in [0.15, 0.2) is 36.4 Å². The average molecular weight is 267 g/mol. The highest BCUT2D eigenvalue weighted by molar-refractivity contribution is 5.97. The maximum absolute atomic E-state index is 9.16. The number of morpholine rings is 1. The van der Waals surface area contributed by atoms with Gasteiger partial charge in [-0.1, -0.05) is 24.3 Å². The molecule has 0 amide bonds. The number of anilines is 1. The molecular formula is C16H17N3O. The Kier molecular flexibility index (Phi) is 3.82. The molecule has 1 unspecified atom stereocenters. The second-order valence-corrected chi connectivity index (χ2v) is 4.92. The Hall–Kier alpha value is -2.09. The number of hydrogen-bond acceptors (Lipinski definition) is 4. The zero-order valence-electron chi connectivity index (χ0n) is 11.2. The molecule has 102 valence electrons. The van der Waals surface area contributed by atoms with Crippen molar-refractivity contribution in [2.45, 2.75) is 6.04 Å². The third-order valence-electron chi connectivity index (χ3n) is 3.58. The molecule has 1 atom stereocenters. The van der Waals surface area contributed by atoms with E-state index in [1.54, 1.807) is 0 Å². The molecule has 2 N–H and O–H groups in total. The van der Waals surface area contributed by atoms with Crippen LogP contribution in [0.25, 0.3) is 10.8 Å². The zero-order valence-corrected chi connectivity index (χ0v) is 11.2. The molecule has 20 heavy (non-hydrogen) atoms. The van der Waals surface area contributed by atoms with Crippen LogP contribution in [0.2, 0.25) is 0 Å². The Morgan fingerprint density at radius 3 is 2.85 bits per heavy atom. The molecule has 2 aromatic carbocycles. The first-order valence-electron chi connectivity index (χ1n) is 6.85. The van der Waals surface area contributed by atoms with Crippen molar-refractivity contribution in [2.75, 3.05) is 31.6 Å². The lowest BCUT2D eigenvalue weighted by Gasteiger charge is -2.24. The summed E-state index contributed by atoms with van der Waals surface area (Å²) in [5.74, 6) is 0. The maximum atomic E-state index is 9.16. The number of fused-ring (bicyclic) bond motifs is 1. The number of rotatable bonds is 3. The summed E-state index contributed by atoms with van der Waals surface area (Å²) in [5, 5.41) is 18.1. The molecule has 4 heteroatoms. The van der Waals surface area contributed by atoms with Crippen molar-refractivity contribution in [3.8, 4) is 6.07 Å². The second kappa shape index (κ2) is 5.91. The Bertz CT molecular complexity index is 642. The molecule has 1 heterocycles. The molecule has 3 rings (SSSR count). The van der Waals surface area contributed by atoms with Gasteiger partial charge in [-0.2, -0.15) is 5.26 Å². The Labute approximate surface area is 118 Å². The smallest absolute Gasteiger partial charge is 0.0998 e. The second-order valence-electron chi connectivity index (χ2n) is 4.92. The van der Waals surface area contributed by atoms with Gasteiger partial charge < -0.3 is 15.4 Å². The van der Waals surface area contributed by atoms with Crippen molar-refractivity contribution in [1.29, 1.82) is 5.26 Å². The monoisotopic (exact) mass is 267 g/mol. The lowest BCUT2D eigenvalue weighted by molar-refractivity contribution is 0.0807. The molecule has 0 bridgehead atoms. The van der Waals surface area contributed by atoms with Crippen LogP contribution in [0.5, 0.6) is 0 Å². The summed E-state index contributed by atoms with van der Waals surface area (Å²) < 4.78 is 5.45. The van der Waals surface area contributed by atoms with Gasteiger partial charge in [0.1, 0.15) is 0 Å². The van der Waals surface area contributed by atoms with Gasteiger partial charge in [-0.05, 0) is 12.1 Å². The fraction of sp³-hybridized carbons (Fsp3) is 0.312. The van der Waals surface area contributed by atoms with Gasteiger partial charge in [0, 0.05) is 35.6 Å². The highest BCUT2D eigenvalue weighted by Crippen LogP contribution is 2.26. The summed E-state index contributed by atoms with van der Waals surface area (Å²) >= 11 is 0. The highest BCUT2D eigenvalue weighted by Gasteiger charge is 2.13. The van der Waals surface area contributed by atoms with Crippen molar-refractivity contribution in [3.63, 3.8) is 0 Å². The van der Waals surface area contributed by atoms with Crippen molar-refractivity contribution >= 4 is 16.5 Å². The minimum atomic E-state index is 0.332. The molecule has 1 fully saturated rings. The summed E-state index contributed by atoms with van der Waals surface area (Å²) in [6.45, 7) is 3.24. The van der Waals surface area contributed by atoms with Crippen LogP contribution < -0.4 is 10.6 Å². The lowest BCUT2D eigenvalue weighted by atomic mass is 10.0. The average Bonchev–Trinajstić information content (AvgIpc) is 2.53. The quantitative estimate of drug-likeness (QED) is 0.894. The van der Waals surface area contributed by atoms with Gasteiger partial charge in [0.25, 0.3) is 0 Å². The van der Waals surface area contributed by atoms with Crippen LogP contribution in [0.1, 0.15) is 5.56 Å². The van der Waals surface area contributed by atoms with Gasteiger partial charge in [-0.25, -0.2) is 0 Å². The molecule has 2 aromatic rings. The molecule has 1 aliphatic heterocycles. The predicted molar refractivity (Wildman–Crippen MR) is 79.8 cm³/mol. The van der Waals surface area contributed by atoms with E-state index < -0.39 is 0 Å². The van der Waals surface area contributed by atoms with Crippen molar-refractivity contribution in [1.82, 2.24) is 5.32 Å². The Balaban J connectivity index is 1.83. The van der Waals surface area contributed by atoms with Crippen molar-refractivity contribution in [2.24, 2.45) is 0 Å². The van der Waals surface area contributed by atoms with Gasteiger partial charge >= 0.3 is 0 Å². The van der Waals surface area contributed by atoms with Gasteiger partial charge in [0.05, 0.1) is 24.8 Å². The number of nitrogens with one attached hydrogen (secondary N) is 2. The number of nitrogens with zero attached hydrogens (tertiary/aromatic N) is 1. The Morgan fingerprint density at radius 1 is 1.25 bits per heavy atom. The molecule has 0 aliphatic carbocycles. The minimum Gasteiger partial charge on any atom is -0.383 e.